The number of nitrogens with one attached hydrogen (secondary N) is 1. The molecular weight excluding hydrogens is 238 g/mol. The number of hydrogen-bond donors (Lipinski definition) is 2. The highest BCUT2D eigenvalue weighted by atomic mass is 32.1. The number of hydrogen-bond acceptors (Lipinski definition) is 3. The molecule has 1 heterocycles. The molecular formula is C12H15NO3S. The molecule has 2 N–H and O–H groups in total. The Morgan fingerprint density at radius 1 is 1.53 bits per heavy atom. The Kier molecular flexibility index (Phi) is 4.90. The summed E-state index contributed by atoms with van der Waals surface area (Å²) in [6.07, 6.45) is 2.46. The first-order chi connectivity index (χ1) is 8.00. The average molecular weight is 253 g/mol. The van der Waals surface area contributed by atoms with Gasteiger partial charge >= 0.3 is 5.97 Å². The Morgan fingerprint density at radius 2 is 2.24 bits per heavy atom. The van der Waals surface area contributed by atoms with Crippen LogP contribution in [0.15, 0.2) is 17.5 Å². The molecule has 0 unspecified atom stereocenters. The van der Waals surface area contributed by atoms with Gasteiger partial charge in [-0.2, -0.15) is 0 Å². The summed E-state index contributed by atoms with van der Waals surface area (Å²) >= 11 is 1.30. The molecule has 0 fully saturated rings. The number of rotatable bonds is 5. The molecule has 1 aromatic rings. The van der Waals surface area contributed by atoms with Crippen LogP contribution in [-0.2, 0) is 4.79 Å². The van der Waals surface area contributed by atoms with Crippen molar-refractivity contribution in [2.45, 2.75) is 13.8 Å². The largest absolute Gasteiger partial charge is 0.478 e. The van der Waals surface area contributed by atoms with Gasteiger partial charge in [0.05, 0.1) is 4.88 Å². The zero-order valence-electron chi connectivity index (χ0n) is 9.77. The van der Waals surface area contributed by atoms with Crippen molar-refractivity contribution in [3.63, 3.8) is 0 Å². The molecule has 0 saturated heterocycles. The van der Waals surface area contributed by atoms with Crippen LogP contribution in [0.5, 0.6) is 0 Å². The molecule has 1 rings (SSSR count). The molecule has 4 nitrogen and oxygen atoms in total. The van der Waals surface area contributed by atoms with Crippen molar-refractivity contribution in [3.05, 3.63) is 28.0 Å². The highest BCUT2D eigenvalue weighted by Gasteiger charge is 2.11. The van der Waals surface area contributed by atoms with E-state index in [0.29, 0.717) is 22.9 Å². The van der Waals surface area contributed by atoms with Crippen LogP contribution in [0.3, 0.4) is 0 Å². The number of amides is 1. The quantitative estimate of drug-likeness (QED) is 0.791. The van der Waals surface area contributed by atoms with Crippen LogP contribution in [-0.4, -0.2) is 23.5 Å². The smallest absolute Gasteiger partial charge is 0.328 e. The van der Waals surface area contributed by atoms with Gasteiger partial charge in [-0.15, -0.1) is 11.3 Å². The van der Waals surface area contributed by atoms with E-state index in [9.17, 15) is 9.59 Å². The van der Waals surface area contributed by atoms with Crippen LogP contribution >= 0.6 is 11.3 Å². The van der Waals surface area contributed by atoms with E-state index in [1.807, 2.05) is 13.8 Å². The third-order valence-corrected chi connectivity index (χ3v) is 2.91. The van der Waals surface area contributed by atoms with Gasteiger partial charge in [0.2, 0.25) is 0 Å². The normalized spacial score (nSPS) is 11.0. The molecule has 1 amide bonds. The van der Waals surface area contributed by atoms with Gasteiger partial charge in [0.15, 0.2) is 0 Å². The second kappa shape index (κ2) is 6.20. The van der Waals surface area contributed by atoms with E-state index in [1.165, 1.54) is 17.4 Å². The van der Waals surface area contributed by atoms with Crippen LogP contribution in [0.4, 0.5) is 0 Å². The van der Waals surface area contributed by atoms with Gasteiger partial charge in [0.25, 0.3) is 5.91 Å². The molecule has 0 aromatic carbocycles. The Morgan fingerprint density at radius 3 is 2.82 bits per heavy atom. The first kappa shape index (κ1) is 13.4. The number of carbonyl (C=O) groups is 2. The molecule has 0 aliphatic carbocycles. The van der Waals surface area contributed by atoms with E-state index in [4.69, 9.17) is 5.11 Å². The maximum atomic E-state index is 11.8. The van der Waals surface area contributed by atoms with Crippen molar-refractivity contribution in [2.24, 2.45) is 5.92 Å². The summed E-state index contributed by atoms with van der Waals surface area (Å²) in [6, 6.07) is 1.73. The molecule has 0 aliphatic rings. The number of carboxylic acids is 1. The van der Waals surface area contributed by atoms with E-state index >= 15 is 0 Å². The predicted octanol–water partition coefficient (Wildman–Crippen LogP) is 2.23. The lowest BCUT2D eigenvalue weighted by molar-refractivity contribution is -0.131. The van der Waals surface area contributed by atoms with E-state index in [1.54, 1.807) is 11.4 Å². The number of thiophene rings is 1. The summed E-state index contributed by atoms with van der Waals surface area (Å²) in [7, 11) is 0. The SMILES string of the molecule is CC(C)CNC(=O)c1sccc1C=CC(=O)O. The van der Waals surface area contributed by atoms with Gasteiger partial charge in [-0.1, -0.05) is 13.8 Å². The standard InChI is InChI=1S/C12H15NO3S/c1-8(2)7-13-12(16)11-9(5-6-17-11)3-4-10(14)15/h3-6,8H,7H2,1-2H3,(H,13,16)(H,14,15). The molecule has 0 radical (unpaired) electrons. The first-order valence-corrected chi connectivity index (χ1v) is 6.15. The second-order valence-corrected chi connectivity index (χ2v) is 4.90. The fourth-order valence-electron chi connectivity index (χ4n) is 1.17. The number of carbonyl (C=O) groups excluding carboxylic acids is 1. The average Bonchev–Trinajstić information content (AvgIpc) is 2.71. The molecule has 0 spiro atoms. The molecule has 92 valence electrons. The van der Waals surface area contributed by atoms with Gasteiger partial charge in [0.1, 0.15) is 0 Å². The second-order valence-electron chi connectivity index (χ2n) is 3.98. The fourth-order valence-corrected chi connectivity index (χ4v) is 1.98. The fraction of sp³-hybridized carbons (Fsp3) is 0.333. The van der Waals surface area contributed by atoms with Gasteiger partial charge in [-0.3, -0.25) is 4.79 Å². The van der Waals surface area contributed by atoms with Crippen molar-refractivity contribution in [2.75, 3.05) is 6.54 Å². The third-order valence-electron chi connectivity index (χ3n) is 1.98. The number of carboxylic acid groups (broad SMARTS) is 1. The summed E-state index contributed by atoms with van der Waals surface area (Å²) in [4.78, 5) is 22.7. The number of aliphatic carboxylic acids is 1. The summed E-state index contributed by atoms with van der Waals surface area (Å²) in [5.41, 5.74) is 0.638. The van der Waals surface area contributed by atoms with Crippen molar-refractivity contribution in [3.8, 4) is 0 Å². The van der Waals surface area contributed by atoms with Crippen molar-refractivity contribution in [1.29, 1.82) is 0 Å². The Bertz CT molecular complexity index is 435. The van der Waals surface area contributed by atoms with Crippen LogP contribution < -0.4 is 5.32 Å². The van der Waals surface area contributed by atoms with Crippen LogP contribution in [0.2, 0.25) is 0 Å². The minimum atomic E-state index is -1.02. The minimum absolute atomic E-state index is 0.154. The van der Waals surface area contributed by atoms with E-state index < -0.39 is 5.97 Å². The van der Waals surface area contributed by atoms with Crippen molar-refractivity contribution < 1.29 is 14.7 Å². The van der Waals surface area contributed by atoms with Crippen molar-refractivity contribution in [1.82, 2.24) is 5.32 Å². The molecule has 17 heavy (non-hydrogen) atoms. The Labute approximate surface area is 104 Å². The zero-order chi connectivity index (χ0) is 12.8. The Balaban J connectivity index is 2.74. The van der Waals surface area contributed by atoms with E-state index in [0.717, 1.165) is 6.08 Å². The molecule has 0 saturated carbocycles. The molecule has 1 aromatic heterocycles. The molecule has 0 atom stereocenters. The molecule has 0 bridgehead atoms. The van der Waals surface area contributed by atoms with E-state index in [-0.39, 0.29) is 5.91 Å². The van der Waals surface area contributed by atoms with Gasteiger partial charge < -0.3 is 10.4 Å². The summed E-state index contributed by atoms with van der Waals surface area (Å²) in [5.74, 6) is -0.791. The minimum Gasteiger partial charge on any atom is -0.478 e. The first-order valence-electron chi connectivity index (χ1n) is 5.27. The van der Waals surface area contributed by atoms with Crippen LogP contribution in [0, 0.1) is 5.92 Å². The van der Waals surface area contributed by atoms with Crippen LogP contribution in [0.25, 0.3) is 6.08 Å². The third kappa shape index (κ3) is 4.40. The monoisotopic (exact) mass is 253 g/mol. The van der Waals surface area contributed by atoms with Crippen molar-refractivity contribution >= 4 is 29.3 Å². The van der Waals surface area contributed by atoms with Gasteiger partial charge in [-0.05, 0) is 29.0 Å². The van der Waals surface area contributed by atoms with E-state index in [2.05, 4.69) is 5.32 Å². The van der Waals surface area contributed by atoms with Crippen LogP contribution in [0.1, 0.15) is 29.1 Å². The molecule has 5 heteroatoms. The predicted molar refractivity (Wildman–Crippen MR) is 68.2 cm³/mol. The van der Waals surface area contributed by atoms with Gasteiger partial charge in [-0.25, -0.2) is 4.79 Å². The lowest BCUT2D eigenvalue weighted by Crippen LogP contribution is -2.27. The zero-order valence-corrected chi connectivity index (χ0v) is 10.6. The maximum absolute atomic E-state index is 11.8. The molecule has 0 aliphatic heterocycles. The lowest BCUT2D eigenvalue weighted by Gasteiger charge is -2.06. The summed E-state index contributed by atoms with van der Waals surface area (Å²) < 4.78 is 0. The topological polar surface area (TPSA) is 66.4 Å². The van der Waals surface area contributed by atoms with Gasteiger partial charge in [0, 0.05) is 12.6 Å². The highest BCUT2D eigenvalue weighted by molar-refractivity contribution is 7.12. The summed E-state index contributed by atoms with van der Waals surface area (Å²) in [6.45, 7) is 4.64. The highest BCUT2D eigenvalue weighted by Crippen LogP contribution is 2.18. The lowest BCUT2D eigenvalue weighted by atomic mass is 10.2. The maximum Gasteiger partial charge on any atom is 0.328 e. The Hall–Kier alpha value is -1.62. The summed E-state index contributed by atoms with van der Waals surface area (Å²) in [5, 5.41) is 13.1.